The number of carbonyl (C=O) groups is 1. The summed E-state index contributed by atoms with van der Waals surface area (Å²) in [5.41, 5.74) is 2.22. The van der Waals surface area contributed by atoms with Crippen LogP contribution in [0.2, 0.25) is 0 Å². The summed E-state index contributed by atoms with van der Waals surface area (Å²) in [6.45, 7) is 10.7. The smallest absolute Gasteiger partial charge is 0.255 e. The summed E-state index contributed by atoms with van der Waals surface area (Å²) in [7, 11) is 0. The second kappa shape index (κ2) is 6.86. The largest absolute Gasteiger partial charge is 0.357 e. The van der Waals surface area contributed by atoms with Crippen molar-refractivity contribution in [1.82, 2.24) is 20.1 Å². The summed E-state index contributed by atoms with van der Waals surface area (Å²) in [5.74, 6) is 0.923. The molecule has 0 aromatic carbocycles. The van der Waals surface area contributed by atoms with Crippen molar-refractivity contribution in [3.63, 3.8) is 0 Å². The highest BCUT2D eigenvalue weighted by Gasteiger charge is 2.20. The fourth-order valence-electron chi connectivity index (χ4n) is 2.96. The Kier molecular flexibility index (Phi) is 4.79. The van der Waals surface area contributed by atoms with Crippen molar-refractivity contribution in [3.05, 3.63) is 41.3 Å². The molecule has 1 aliphatic rings. The van der Waals surface area contributed by atoms with Crippen molar-refractivity contribution in [1.29, 1.82) is 0 Å². The SMILES string of the molecule is Cc1nn(C(C)(C)C)cc1C(=O)NCc1ccc(N2CCCC2)nc1. The van der Waals surface area contributed by atoms with E-state index in [9.17, 15) is 4.79 Å². The van der Waals surface area contributed by atoms with Gasteiger partial charge in [-0.05, 0) is 52.2 Å². The van der Waals surface area contributed by atoms with Crippen LogP contribution in [0.4, 0.5) is 5.82 Å². The molecular formula is C19H27N5O. The first kappa shape index (κ1) is 17.5. The first-order valence-electron chi connectivity index (χ1n) is 8.89. The van der Waals surface area contributed by atoms with Crippen LogP contribution in [0.15, 0.2) is 24.5 Å². The van der Waals surface area contributed by atoms with Gasteiger partial charge < -0.3 is 10.2 Å². The molecule has 1 amide bonds. The quantitative estimate of drug-likeness (QED) is 0.929. The second-order valence-electron chi connectivity index (χ2n) is 7.65. The van der Waals surface area contributed by atoms with Crippen molar-refractivity contribution >= 4 is 11.7 Å². The van der Waals surface area contributed by atoms with Gasteiger partial charge in [-0.2, -0.15) is 5.10 Å². The number of nitrogens with zero attached hydrogens (tertiary/aromatic N) is 4. The summed E-state index contributed by atoms with van der Waals surface area (Å²) < 4.78 is 1.84. The van der Waals surface area contributed by atoms with Gasteiger partial charge in [0.2, 0.25) is 0 Å². The van der Waals surface area contributed by atoms with Crippen LogP contribution in [0, 0.1) is 6.92 Å². The number of aromatic nitrogens is 3. The first-order valence-corrected chi connectivity index (χ1v) is 8.89. The maximum atomic E-state index is 12.5. The lowest BCUT2D eigenvalue weighted by molar-refractivity contribution is 0.0950. The Labute approximate surface area is 149 Å². The van der Waals surface area contributed by atoms with E-state index in [4.69, 9.17) is 0 Å². The molecule has 0 saturated carbocycles. The lowest BCUT2D eigenvalue weighted by Gasteiger charge is -2.18. The number of hydrogen-bond donors (Lipinski definition) is 1. The number of aryl methyl sites for hydroxylation is 1. The molecule has 3 rings (SSSR count). The molecule has 1 fully saturated rings. The molecule has 6 nitrogen and oxygen atoms in total. The summed E-state index contributed by atoms with van der Waals surface area (Å²) in [6.07, 6.45) is 6.14. The summed E-state index contributed by atoms with van der Waals surface area (Å²) in [6, 6.07) is 4.07. The van der Waals surface area contributed by atoms with Crippen LogP contribution >= 0.6 is 0 Å². The number of carbonyl (C=O) groups excluding carboxylic acids is 1. The molecule has 0 radical (unpaired) electrons. The third kappa shape index (κ3) is 4.00. The topological polar surface area (TPSA) is 63.1 Å². The highest BCUT2D eigenvalue weighted by Crippen LogP contribution is 2.18. The molecule has 6 heteroatoms. The predicted molar refractivity (Wildman–Crippen MR) is 98.8 cm³/mol. The van der Waals surface area contributed by atoms with E-state index < -0.39 is 0 Å². The number of rotatable bonds is 4. The number of amides is 1. The van der Waals surface area contributed by atoms with Crippen LogP contribution in [-0.2, 0) is 12.1 Å². The standard InChI is InChI=1S/C19H27N5O/c1-14-16(13-24(22-14)19(2,3)4)18(25)21-12-15-7-8-17(20-11-15)23-9-5-6-10-23/h7-8,11,13H,5-6,9-10,12H2,1-4H3,(H,21,25). The monoisotopic (exact) mass is 341 g/mol. The minimum Gasteiger partial charge on any atom is -0.357 e. The maximum absolute atomic E-state index is 12.5. The second-order valence-corrected chi connectivity index (χ2v) is 7.65. The number of hydrogen-bond acceptors (Lipinski definition) is 4. The van der Waals surface area contributed by atoms with Crippen molar-refractivity contribution in [2.24, 2.45) is 0 Å². The van der Waals surface area contributed by atoms with E-state index in [0.29, 0.717) is 12.1 Å². The van der Waals surface area contributed by atoms with Crippen LogP contribution < -0.4 is 10.2 Å². The molecule has 134 valence electrons. The van der Waals surface area contributed by atoms with Crippen LogP contribution in [0.3, 0.4) is 0 Å². The lowest BCUT2D eigenvalue weighted by Crippen LogP contribution is -2.24. The van der Waals surface area contributed by atoms with Crippen molar-refractivity contribution in [2.45, 2.75) is 52.6 Å². The van der Waals surface area contributed by atoms with Crippen LogP contribution in [-0.4, -0.2) is 33.8 Å². The highest BCUT2D eigenvalue weighted by molar-refractivity contribution is 5.94. The number of pyridine rings is 1. The zero-order valence-electron chi connectivity index (χ0n) is 15.5. The minimum atomic E-state index is -0.140. The number of anilines is 1. The number of nitrogens with one attached hydrogen (secondary N) is 1. The molecule has 3 heterocycles. The maximum Gasteiger partial charge on any atom is 0.255 e. The molecule has 2 aromatic rings. The predicted octanol–water partition coefficient (Wildman–Crippen LogP) is 2.87. The molecule has 0 bridgehead atoms. The lowest BCUT2D eigenvalue weighted by atomic mass is 10.1. The molecule has 1 saturated heterocycles. The Morgan fingerprint density at radius 2 is 1.96 bits per heavy atom. The summed E-state index contributed by atoms with van der Waals surface area (Å²) in [4.78, 5) is 19.3. The Bertz CT molecular complexity index is 736. The van der Waals surface area contributed by atoms with Gasteiger partial charge in [0, 0.05) is 32.0 Å². The van der Waals surface area contributed by atoms with Crippen molar-refractivity contribution < 1.29 is 4.79 Å². The normalized spacial score (nSPS) is 14.8. The molecule has 25 heavy (non-hydrogen) atoms. The molecule has 0 spiro atoms. The van der Waals surface area contributed by atoms with Crippen molar-refractivity contribution in [2.75, 3.05) is 18.0 Å². The average molecular weight is 341 g/mol. The van der Waals surface area contributed by atoms with E-state index in [0.717, 1.165) is 30.2 Å². The fraction of sp³-hybridized carbons (Fsp3) is 0.526. The molecule has 2 aromatic heterocycles. The van der Waals surface area contributed by atoms with E-state index in [2.05, 4.69) is 41.1 Å². The van der Waals surface area contributed by atoms with E-state index in [-0.39, 0.29) is 11.4 Å². The molecule has 1 aliphatic heterocycles. The molecule has 1 N–H and O–H groups in total. The van der Waals surface area contributed by atoms with Gasteiger partial charge in [0.15, 0.2) is 0 Å². The third-order valence-electron chi connectivity index (χ3n) is 4.52. The van der Waals surface area contributed by atoms with Crippen LogP contribution in [0.1, 0.15) is 55.2 Å². The fourth-order valence-corrected chi connectivity index (χ4v) is 2.96. The Balaban J connectivity index is 1.61. The van der Waals surface area contributed by atoms with Crippen LogP contribution in [0.5, 0.6) is 0 Å². The van der Waals surface area contributed by atoms with Gasteiger partial charge in [0.25, 0.3) is 5.91 Å². The summed E-state index contributed by atoms with van der Waals surface area (Å²) >= 11 is 0. The highest BCUT2D eigenvalue weighted by atomic mass is 16.1. The Morgan fingerprint density at radius 3 is 2.52 bits per heavy atom. The van der Waals surface area contributed by atoms with Gasteiger partial charge in [-0.1, -0.05) is 6.07 Å². The Morgan fingerprint density at radius 1 is 1.24 bits per heavy atom. The van der Waals surface area contributed by atoms with E-state index in [1.165, 1.54) is 12.8 Å². The van der Waals surface area contributed by atoms with Crippen LogP contribution in [0.25, 0.3) is 0 Å². The Hall–Kier alpha value is -2.37. The summed E-state index contributed by atoms with van der Waals surface area (Å²) in [5, 5.41) is 7.42. The first-order chi connectivity index (χ1) is 11.8. The van der Waals surface area contributed by atoms with Gasteiger partial charge in [-0.15, -0.1) is 0 Å². The van der Waals surface area contributed by atoms with E-state index in [1.807, 2.05) is 36.1 Å². The minimum absolute atomic E-state index is 0.100. The van der Waals surface area contributed by atoms with Gasteiger partial charge in [-0.25, -0.2) is 4.98 Å². The molecule has 0 atom stereocenters. The zero-order chi connectivity index (χ0) is 18.0. The van der Waals surface area contributed by atoms with Crippen molar-refractivity contribution in [3.8, 4) is 0 Å². The van der Waals surface area contributed by atoms with Gasteiger partial charge in [0.1, 0.15) is 5.82 Å². The third-order valence-corrected chi connectivity index (χ3v) is 4.52. The zero-order valence-corrected chi connectivity index (χ0v) is 15.5. The van der Waals surface area contributed by atoms with E-state index >= 15 is 0 Å². The molecule has 0 unspecified atom stereocenters. The van der Waals surface area contributed by atoms with Gasteiger partial charge in [-0.3, -0.25) is 9.48 Å². The van der Waals surface area contributed by atoms with Gasteiger partial charge in [0.05, 0.1) is 16.8 Å². The molecular weight excluding hydrogens is 314 g/mol. The molecule has 0 aliphatic carbocycles. The van der Waals surface area contributed by atoms with E-state index in [1.54, 1.807) is 0 Å². The van der Waals surface area contributed by atoms with Gasteiger partial charge >= 0.3 is 0 Å². The average Bonchev–Trinajstić information content (AvgIpc) is 3.22.